The number of benzene rings is 2. The predicted molar refractivity (Wildman–Crippen MR) is 106 cm³/mol. The number of amides is 1. The van der Waals surface area contributed by atoms with Gasteiger partial charge < -0.3 is 14.8 Å². The first-order valence-electron chi connectivity index (χ1n) is 9.04. The van der Waals surface area contributed by atoms with Crippen LogP contribution in [0.1, 0.15) is 43.4 Å². The fraction of sp³-hybridized carbons (Fsp3) is 0.318. The normalized spacial score (nSPS) is 11.4. The van der Waals surface area contributed by atoms with E-state index < -0.39 is 18.0 Å². The second-order valence-electron chi connectivity index (χ2n) is 6.77. The van der Waals surface area contributed by atoms with Crippen molar-refractivity contribution in [3.05, 3.63) is 59.2 Å². The van der Waals surface area contributed by atoms with Crippen LogP contribution in [0.15, 0.2) is 42.5 Å². The molecule has 0 aliphatic rings. The van der Waals surface area contributed by atoms with Gasteiger partial charge in [0.15, 0.2) is 12.7 Å². The van der Waals surface area contributed by atoms with Crippen LogP contribution in [0.3, 0.4) is 0 Å². The summed E-state index contributed by atoms with van der Waals surface area (Å²) in [6.07, 6.45) is -0.975. The molecule has 1 amide bonds. The van der Waals surface area contributed by atoms with Crippen molar-refractivity contribution in [2.24, 2.45) is 0 Å². The number of ether oxygens (including phenoxy) is 2. The average molecular weight is 380 g/mol. The summed E-state index contributed by atoms with van der Waals surface area (Å²) in [6.45, 7) is 7.43. The summed E-state index contributed by atoms with van der Waals surface area (Å²) in [7, 11) is 0. The van der Waals surface area contributed by atoms with E-state index in [-0.39, 0.29) is 6.61 Å². The highest BCUT2D eigenvalue weighted by molar-refractivity contribution is 5.95. The molecule has 2 aromatic carbocycles. The van der Waals surface area contributed by atoms with Gasteiger partial charge in [-0.05, 0) is 67.3 Å². The van der Waals surface area contributed by atoms with Gasteiger partial charge in [0.05, 0.1) is 11.6 Å². The summed E-state index contributed by atoms with van der Waals surface area (Å²) in [5.74, 6) is -0.105. The van der Waals surface area contributed by atoms with Crippen LogP contribution < -0.4 is 10.1 Å². The molecule has 0 heterocycles. The van der Waals surface area contributed by atoms with Crippen molar-refractivity contribution < 1.29 is 19.1 Å². The first-order valence-corrected chi connectivity index (χ1v) is 9.04. The molecule has 6 heteroatoms. The molecule has 1 atom stereocenters. The van der Waals surface area contributed by atoms with E-state index in [9.17, 15) is 9.59 Å². The molecule has 146 valence electrons. The molecule has 0 aliphatic heterocycles. The molecule has 2 rings (SSSR count). The molecule has 0 fully saturated rings. The molecule has 28 heavy (non-hydrogen) atoms. The van der Waals surface area contributed by atoms with E-state index in [1.807, 2.05) is 31.2 Å². The fourth-order valence-corrected chi connectivity index (χ4v) is 2.68. The summed E-state index contributed by atoms with van der Waals surface area (Å²) >= 11 is 0. The Kier molecular flexibility index (Phi) is 7.16. The van der Waals surface area contributed by atoms with Gasteiger partial charge in [-0.2, -0.15) is 5.26 Å². The van der Waals surface area contributed by atoms with Crippen LogP contribution in [0.4, 0.5) is 5.69 Å². The number of carbonyl (C=O) groups is 2. The van der Waals surface area contributed by atoms with E-state index in [0.29, 0.717) is 22.9 Å². The monoisotopic (exact) mass is 380 g/mol. The lowest BCUT2D eigenvalue weighted by Gasteiger charge is -2.15. The Labute approximate surface area is 165 Å². The topological polar surface area (TPSA) is 88.4 Å². The van der Waals surface area contributed by atoms with E-state index in [1.54, 1.807) is 24.3 Å². The second kappa shape index (κ2) is 9.56. The third-order valence-corrected chi connectivity index (χ3v) is 4.18. The first kappa shape index (κ1) is 21.0. The zero-order chi connectivity index (χ0) is 20.7. The van der Waals surface area contributed by atoms with Crippen LogP contribution in [0.5, 0.6) is 5.75 Å². The van der Waals surface area contributed by atoms with Gasteiger partial charge in [0.2, 0.25) is 0 Å². The Morgan fingerprint density at radius 3 is 2.36 bits per heavy atom. The van der Waals surface area contributed by atoms with Gasteiger partial charge in [0.25, 0.3) is 5.91 Å². The number of rotatable bonds is 7. The molecule has 0 aliphatic carbocycles. The van der Waals surface area contributed by atoms with Crippen molar-refractivity contribution in [2.45, 2.75) is 39.7 Å². The predicted octanol–water partition coefficient (Wildman–Crippen LogP) is 3.94. The summed E-state index contributed by atoms with van der Waals surface area (Å²) in [4.78, 5) is 24.1. The molecule has 2 aromatic rings. The number of nitrogens with one attached hydrogen (secondary N) is 1. The lowest BCUT2D eigenvalue weighted by molar-refractivity contribution is -0.155. The number of nitrogens with zero attached hydrogens (tertiary/aromatic N) is 1. The number of esters is 1. The number of carbonyl (C=O) groups excluding carboxylic acids is 2. The Morgan fingerprint density at radius 2 is 1.79 bits per heavy atom. The van der Waals surface area contributed by atoms with E-state index in [1.165, 1.54) is 12.5 Å². The van der Waals surface area contributed by atoms with E-state index in [2.05, 4.69) is 19.2 Å². The van der Waals surface area contributed by atoms with E-state index in [0.717, 1.165) is 5.56 Å². The molecular formula is C22H24N2O4. The van der Waals surface area contributed by atoms with Crippen LogP contribution in [0, 0.1) is 18.3 Å². The van der Waals surface area contributed by atoms with Crippen molar-refractivity contribution >= 4 is 17.6 Å². The fourth-order valence-electron chi connectivity index (χ4n) is 2.68. The van der Waals surface area contributed by atoms with Gasteiger partial charge >= 0.3 is 5.97 Å². The van der Waals surface area contributed by atoms with Crippen LogP contribution in [0.2, 0.25) is 0 Å². The highest BCUT2D eigenvalue weighted by Crippen LogP contribution is 2.23. The van der Waals surface area contributed by atoms with Crippen molar-refractivity contribution in [1.82, 2.24) is 0 Å². The van der Waals surface area contributed by atoms with Crippen molar-refractivity contribution in [3.8, 4) is 11.8 Å². The van der Waals surface area contributed by atoms with Crippen molar-refractivity contribution in [3.63, 3.8) is 0 Å². The summed E-state index contributed by atoms with van der Waals surface area (Å²) in [6, 6.07) is 14.1. The van der Waals surface area contributed by atoms with E-state index >= 15 is 0 Å². The maximum atomic E-state index is 12.1. The third-order valence-electron chi connectivity index (χ3n) is 4.18. The smallest absolute Gasteiger partial charge is 0.344 e. The van der Waals surface area contributed by atoms with Crippen molar-refractivity contribution in [2.75, 3.05) is 11.9 Å². The van der Waals surface area contributed by atoms with Crippen LogP contribution in [-0.2, 0) is 14.3 Å². The SMILES string of the molecule is Cc1cc(OCC(=O)O[C@H](C)C(=O)Nc2ccc(C#N)cc2)ccc1C(C)C. The zero-order valence-electron chi connectivity index (χ0n) is 16.5. The highest BCUT2D eigenvalue weighted by Gasteiger charge is 2.18. The summed E-state index contributed by atoms with van der Waals surface area (Å²) in [5.41, 5.74) is 3.33. The van der Waals surface area contributed by atoms with Gasteiger partial charge in [-0.25, -0.2) is 4.79 Å². The highest BCUT2D eigenvalue weighted by atomic mass is 16.6. The minimum absolute atomic E-state index is 0.283. The van der Waals surface area contributed by atoms with Gasteiger partial charge in [-0.15, -0.1) is 0 Å². The molecule has 0 spiro atoms. The average Bonchev–Trinajstić information content (AvgIpc) is 2.66. The molecule has 1 N–H and O–H groups in total. The van der Waals surface area contributed by atoms with Crippen LogP contribution in [0.25, 0.3) is 0 Å². The third kappa shape index (κ3) is 5.85. The van der Waals surface area contributed by atoms with Crippen molar-refractivity contribution in [1.29, 1.82) is 5.26 Å². The molecule has 0 aromatic heterocycles. The minimum Gasteiger partial charge on any atom is -0.482 e. The molecule has 0 bridgehead atoms. The lowest BCUT2D eigenvalue weighted by Crippen LogP contribution is -2.31. The molecule has 0 saturated heterocycles. The Morgan fingerprint density at radius 1 is 1.11 bits per heavy atom. The second-order valence-corrected chi connectivity index (χ2v) is 6.77. The maximum absolute atomic E-state index is 12.1. The lowest BCUT2D eigenvalue weighted by atomic mass is 9.98. The zero-order valence-corrected chi connectivity index (χ0v) is 16.5. The number of aryl methyl sites for hydroxylation is 1. The Balaban J connectivity index is 1.83. The minimum atomic E-state index is -0.975. The molecular weight excluding hydrogens is 356 g/mol. The molecule has 0 radical (unpaired) electrons. The van der Waals surface area contributed by atoms with Gasteiger partial charge in [0, 0.05) is 5.69 Å². The molecule has 0 saturated carbocycles. The number of hydrogen-bond donors (Lipinski definition) is 1. The van der Waals surface area contributed by atoms with Gasteiger partial charge in [0.1, 0.15) is 5.75 Å². The van der Waals surface area contributed by atoms with Crippen LogP contribution in [-0.4, -0.2) is 24.6 Å². The molecule has 6 nitrogen and oxygen atoms in total. The van der Waals surface area contributed by atoms with Crippen LogP contribution >= 0.6 is 0 Å². The summed E-state index contributed by atoms with van der Waals surface area (Å²) < 4.78 is 10.6. The van der Waals surface area contributed by atoms with Gasteiger partial charge in [-0.1, -0.05) is 19.9 Å². The molecule has 0 unspecified atom stereocenters. The number of anilines is 1. The Hall–Kier alpha value is -3.33. The maximum Gasteiger partial charge on any atom is 0.344 e. The standard InChI is InChI=1S/C22H24N2O4/c1-14(2)20-10-9-19(11-15(20)3)27-13-21(25)28-16(4)22(26)24-18-7-5-17(12-23)6-8-18/h5-11,14,16H,13H2,1-4H3,(H,24,26)/t16-/m1/s1. The summed E-state index contributed by atoms with van der Waals surface area (Å²) in [5, 5.41) is 11.4. The first-order chi connectivity index (χ1) is 13.3. The van der Waals surface area contributed by atoms with E-state index in [4.69, 9.17) is 14.7 Å². The largest absolute Gasteiger partial charge is 0.482 e. The van der Waals surface area contributed by atoms with Gasteiger partial charge in [-0.3, -0.25) is 4.79 Å². The Bertz CT molecular complexity index is 882. The number of hydrogen-bond acceptors (Lipinski definition) is 5. The number of nitriles is 1. The quantitative estimate of drug-likeness (QED) is 0.735.